The smallest absolute Gasteiger partial charge is 0.0886 e. The molecule has 4 atom stereocenters. The molecule has 1 rings (SSSR count). The summed E-state index contributed by atoms with van der Waals surface area (Å²) < 4.78 is 5.23. The van der Waals surface area contributed by atoms with E-state index in [-0.39, 0.29) is 12.0 Å². The molecule has 0 spiro atoms. The molecule has 66 valence electrons. The lowest BCUT2D eigenvalue weighted by atomic mass is 9.96. The number of hydrogen-bond acceptors (Lipinski definition) is 3. The van der Waals surface area contributed by atoms with Crippen molar-refractivity contribution in [3.05, 3.63) is 0 Å². The van der Waals surface area contributed by atoms with Gasteiger partial charge in [0.2, 0.25) is 0 Å². The second-order valence-electron chi connectivity index (χ2n) is 3.20. The van der Waals surface area contributed by atoms with Crippen LogP contribution in [-0.2, 0) is 4.74 Å². The van der Waals surface area contributed by atoms with E-state index in [4.69, 9.17) is 4.74 Å². The Morgan fingerprint density at radius 3 is 2.64 bits per heavy atom. The minimum atomic E-state index is -0.429. The largest absolute Gasteiger partial charge is 0.390 e. The molecule has 0 saturated carbocycles. The van der Waals surface area contributed by atoms with Gasteiger partial charge in [-0.1, -0.05) is 13.8 Å². The van der Waals surface area contributed by atoms with Crippen molar-refractivity contribution in [2.45, 2.75) is 38.6 Å². The molecule has 11 heavy (non-hydrogen) atoms. The Kier molecular flexibility index (Phi) is 2.87. The average molecular weight is 160 g/mol. The van der Waals surface area contributed by atoms with Crippen LogP contribution >= 0.6 is 0 Å². The predicted molar refractivity (Wildman–Crippen MR) is 41.2 cm³/mol. The fraction of sp³-hybridized carbons (Fsp3) is 1.00. The maximum atomic E-state index is 9.41. The van der Waals surface area contributed by atoms with Crippen molar-refractivity contribution < 1.29 is 14.9 Å². The molecule has 3 heteroatoms. The van der Waals surface area contributed by atoms with Crippen molar-refractivity contribution in [2.75, 3.05) is 6.61 Å². The quantitative estimate of drug-likeness (QED) is 0.604. The minimum absolute atomic E-state index is 0.0601. The van der Waals surface area contributed by atoms with Gasteiger partial charge in [0.15, 0.2) is 0 Å². The average Bonchev–Trinajstić information content (AvgIpc) is 2.32. The Morgan fingerprint density at radius 1 is 1.64 bits per heavy atom. The number of ether oxygens (including phenoxy) is 1. The summed E-state index contributed by atoms with van der Waals surface area (Å²) in [5.74, 6) is 0.0601. The van der Waals surface area contributed by atoms with E-state index in [9.17, 15) is 10.2 Å². The Morgan fingerprint density at radius 2 is 2.27 bits per heavy atom. The monoisotopic (exact) mass is 160 g/mol. The topological polar surface area (TPSA) is 49.7 Å². The molecule has 0 radical (unpaired) electrons. The lowest BCUT2D eigenvalue weighted by molar-refractivity contribution is -0.0176. The molecule has 1 heterocycles. The van der Waals surface area contributed by atoms with Crippen LogP contribution in [0.1, 0.15) is 20.3 Å². The molecule has 3 nitrogen and oxygen atoms in total. The van der Waals surface area contributed by atoms with Crippen LogP contribution in [0.3, 0.4) is 0 Å². The van der Waals surface area contributed by atoms with Crippen LogP contribution in [0.2, 0.25) is 0 Å². The maximum Gasteiger partial charge on any atom is 0.0886 e. The van der Waals surface area contributed by atoms with Gasteiger partial charge in [-0.2, -0.15) is 0 Å². The zero-order valence-corrected chi connectivity index (χ0v) is 7.03. The van der Waals surface area contributed by atoms with Gasteiger partial charge in [-0.3, -0.25) is 0 Å². The highest BCUT2D eigenvalue weighted by Crippen LogP contribution is 2.24. The molecule has 0 bridgehead atoms. The van der Waals surface area contributed by atoms with Crippen molar-refractivity contribution >= 4 is 0 Å². The predicted octanol–water partition coefficient (Wildman–Crippen LogP) is 0.153. The van der Waals surface area contributed by atoms with Crippen molar-refractivity contribution in [3.63, 3.8) is 0 Å². The van der Waals surface area contributed by atoms with Crippen molar-refractivity contribution in [3.8, 4) is 0 Å². The third kappa shape index (κ3) is 1.72. The third-order valence-electron chi connectivity index (χ3n) is 2.38. The molecule has 0 aromatic heterocycles. The molecule has 0 aromatic carbocycles. The summed E-state index contributed by atoms with van der Waals surface area (Å²) in [4.78, 5) is 0. The minimum Gasteiger partial charge on any atom is -0.390 e. The molecule has 0 aromatic rings. The molecule has 0 unspecified atom stereocenters. The molecular formula is C8H16O3. The van der Waals surface area contributed by atoms with Crippen LogP contribution < -0.4 is 0 Å². The van der Waals surface area contributed by atoms with Crippen LogP contribution in [0, 0.1) is 5.92 Å². The highest BCUT2D eigenvalue weighted by atomic mass is 16.5. The van der Waals surface area contributed by atoms with Gasteiger partial charge in [0, 0.05) is 5.92 Å². The zero-order chi connectivity index (χ0) is 8.43. The SMILES string of the molecule is CC[C@H](O)[C@H]1OC[C@@H](O)[C@H]1C. The summed E-state index contributed by atoms with van der Waals surface area (Å²) >= 11 is 0. The number of hydrogen-bond donors (Lipinski definition) is 2. The highest BCUT2D eigenvalue weighted by Gasteiger charge is 2.36. The standard InChI is InChI=1S/C8H16O3/c1-3-6(9)8-5(2)7(10)4-11-8/h5-10H,3-4H2,1-2H3/t5-,6+,7-,8+/m1/s1. The molecule has 1 saturated heterocycles. The number of rotatable bonds is 2. The van der Waals surface area contributed by atoms with Crippen molar-refractivity contribution in [1.29, 1.82) is 0 Å². The second kappa shape index (κ2) is 3.52. The van der Waals surface area contributed by atoms with E-state index >= 15 is 0 Å². The third-order valence-corrected chi connectivity index (χ3v) is 2.38. The first kappa shape index (κ1) is 8.97. The number of aliphatic hydroxyl groups excluding tert-OH is 2. The fourth-order valence-corrected chi connectivity index (χ4v) is 1.43. The van der Waals surface area contributed by atoms with Gasteiger partial charge in [-0.05, 0) is 6.42 Å². The Hall–Kier alpha value is -0.120. The molecule has 2 N–H and O–H groups in total. The highest BCUT2D eigenvalue weighted by molar-refractivity contribution is 4.84. The normalized spacial score (nSPS) is 40.9. The first-order valence-electron chi connectivity index (χ1n) is 4.14. The first-order valence-corrected chi connectivity index (χ1v) is 4.14. The van der Waals surface area contributed by atoms with E-state index in [0.29, 0.717) is 13.0 Å². The van der Waals surface area contributed by atoms with Crippen LogP contribution in [0.15, 0.2) is 0 Å². The zero-order valence-electron chi connectivity index (χ0n) is 7.03. The lowest BCUT2D eigenvalue weighted by Gasteiger charge is -2.20. The van der Waals surface area contributed by atoms with Gasteiger partial charge >= 0.3 is 0 Å². The van der Waals surface area contributed by atoms with Crippen LogP contribution in [0.4, 0.5) is 0 Å². The first-order chi connectivity index (χ1) is 5.16. The molecule has 1 fully saturated rings. The van der Waals surface area contributed by atoms with E-state index in [2.05, 4.69) is 0 Å². The molecular weight excluding hydrogens is 144 g/mol. The summed E-state index contributed by atoms with van der Waals surface area (Å²) in [6.45, 7) is 4.18. The van der Waals surface area contributed by atoms with Gasteiger partial charge in [0.1, 0.15) is 0 Å². The van der Waals surface area contributed by atoms with Crippen LogP contribution in [0.25, 0.3) is 0 Å². The second-order valence-corrected chi connectivity index (χ2v) is 3.20. The Labute approximate surface area is 67.0 Å². The molecule has 0 aliphatic carbocycles. The van der Waals surface area contributed by atoms with Gasteiger partial charge < -0.3 is 14.9 Å². The Bertz CT molecular complexity index is 127. The van der Waals surface area contributed by atoms with E-state index in [1.54, 1.807) is 0 Å². The summed E-state index contributed by atoms with van der Waals surface area (Å²) in [5.41, 5.74) is 0. The van der Waals surface area contributed by atoms with Gasteiger partial charge in [0.25, 0.3) is 0 Å². The van der Waals surface area contributed by atoms with Crippen LogP contribution in [0.5, 0.6) is 0 Å². The molecule has 0 amide bonds. The van der Waals surface area contributed by atoms with Gasteiger partial charge in [-0.25, -0.2) is 0 Å². The summed E-state index contributed by atoms with van der Waals surface area (Å²) in [6.07, 6.45) is -0.319. The lowest BCUT2D eigenvalue weighted by Crippen LogP contribution is -2.31. The fourth-order valence-electron chi connectivity index (χ4n) is 1.43. The maximum absolute atomic E-state index is 9.41. The van der Waals surface area contributed by atoms with E-state index in [1.165, 1.54) is 0 Å². The van der Waals surface area contributed by atoms with Gasteiger partial charge in [-0.15, -0.1) is 0 Å². The van der Waals surface area contributed by atoms with E-state index in [1.807, 2.05) is 13.8 Å². The molecule has 1 aliphatic rings. The Balaban J connectivity index is 2.47. The summed E-state index contributed by atoms with van der Waals surface area (Å²) in [7, 11) is 0. The molecule has 1 aliphatic heterocycles. The van der Waals surface area contributed by atoms with E-state index in [0.717, 1.165) is 0 Å². The number of aliphatic hydroxyl groups is 2. The summed E-state index contributed by atoms with van der Waals surface area (Å²) in [5, 5.41) is 18.7. The van der Waals surface area contributed by atoms with Crippen molar-refractivity contribution in [1.82, 2.24) is 0 Å². The van der Waals surface area contributed by atoms with Gasteiger partial charge in [0.05, 0.1) is 24.9 Å². The van der Waals surface area contributed by atoms with E-state index < -0.39 is 12.2 Å². The van der Waals surface area contributed by atoms with Crippen LogP contribution in [-0.4, -0.2) is 35.1 Å². The van der Waals surface area contributed by atoms with Crippen molar-refractivity contribution in [2.24, 2.45) is 5.92 Å². The summed E-state index contributed by atoms with van der Waals surface area (Å²) in [6, 6.07) is 0.